The molecular weight excluding hydrogens is 210 g/mol. The van der Waals surface area contributed by atoms with Crippen molar-refractivity contribution in [2.45, 2.75) is 6.04 Å². The van der Waals surface area contributed by atoms with E-state index in [1.807, 2.05) is 24.3 Å². The van der Waals surface area contributed by atoms with Crippen LogP contribution >= 0.6 is 0 Å². The maximum Gasteiger partial charge on any atom is 0.186 e. The second kappa shape index (κ2) is 3.63. The molecule has 17 heavy (non-hydrogen) atoms. The van der Waals surface area contributed by atoms with E-state index in [0.29, 0.717) is 0 Å². The zero-order chi connectivity index (χ0) is 11.8. The second-order valence-corrected chi connectivity index (χ2v) is 4.13. The van der Waals surface area contributed by atoms with E-state index < -0.39 is 0 Å². The number of benzene rings is 2. The summed E-state index contributed by atoms with van der Waals surface area (Å²) in [6.45, 7) is 0. The Hall–Kier alpha value is -2.29. The van der Waals surface area contributed by atoms with E-state index in [0.717, 1.165) is 0 Å². The summed E-state index contributed by atoms with van der Waals surface area (Å²) < 4.78 is 0. The quantitative estimate of drug-likeness (QED) is 0.574. The zero-order valence-electron chi connectivity index (χ0n) is 9.30. The molecule has 4 N–H and O–H groups in total. The second-order valence-electron chi connectivity index (χ2n) is 4.13. The van der Waals surface area contributed by atoms with Gasteiger partial charge in [-0.1, -0.05) is 48.5 Å². The normalized spacial score (nSPS) is 12.9. The van der Waals surface area contributed by atoms with E-state index in [-0.39, 0.29) is 12.0 Å². The lowest BCUT2D eigenvalue weighted by atomic mass is 10.1. The minimum Gasteiger partial charge on any atom is -0.370 e. The first-order valence-electron chi connectivity index (χ1n) is 5.54. The molecule has 84 valence electrons. The van der Waals surface area contributed by atoms with Gasteiger partial charge in [-0.15, -0.1) is 0 Å². The molecule has 3 heteroatoms. The van der Waals surface area contributed by atoms with Crippen LogP contribution in [0.5, 0.6) is 0 Å². The van der Waals surface area contributed by atoms with Crippen molar-refractivity contribution in [3.8, 4) is 11.1 Å². The van der Waals surface area contributed by atoms with Gasteiger partial charge in [-0.05, 0) is 22.3 Å². The Kier molecular flexibility index (Phi) is 2.11. The van der Waals surface area contributed by atoms with Crippen molar-refractivity contribution in [2.75, 3.05) is 0 Å². The van der Waals surface area contributed by atoms with Crippen molar-refractivity contribution in [1.29, 1.82) is 0 Å². The maximum atomic E-state index is 5.51. The monoisotopic (exact) mass is 223 g/mol. The minimum absolute atomic E-state index is 0.0626. The molecule has 0 atom stereocenters. The van der Waals surface area contributed by atoms with E-state index in [1.54, 1.807) is 0 Å². The van der Waals surface area contributed by atoms with Crippen LogP contribution in [-0.4, -0.2) is 5.96 Å². The Bertz CT molecular complexity index is 552. The van der Waals surface area contributed by atoms with Gasteiger partial charge in [-0.3, -0.25) is 0 Å². The zero-order valence-corrected chi connectivity index (χ0v) is 9.30. The number of fused-ring (bicyclic) bond motifs is 3. The van der Waals surface area contributed by atoms with Gasteiger partial charge < -0.3 is 11.5 Å². The molecule has 0 saturated heterocycles. The molecule has 2 aromatic rings. The number of guanidine groups is 1. The highest BCUT2D eigenvalue weighted by atomic mass is 15.0. The predicted molar refractivity (Wildman–Crippen MR) is 69.5 cm³/mol. The van der Waals surface area contributed by atoms with Crippen LogP contribution in [0.2, 0.25) is 0 Å². The number of nitrogens with zero attached hydrogens (tertiary/aromatic N) is 1. The molecule has 0 radical (unpaired) electrons. The van der Waals surface area contributed by atoms with Crippen LogP contribution < -0.4 is 11.5 Å². The van der Waals surface area contributed by atoms with Gasteiger partial charge in [0.2, 0.25) is 0 Å². The predicted octanol–water partition coefficient (Wildman–Crippen LogP) is 2.03. The van der Waals surface area contributed by atoms with Gasteiger partial charge >= 0.3 is 0 Å². The lowest BCUT2D eigenvalue weighted by Crippen LogP contribution is -2.23. The summed E-state index contributed by atoms with van der Waals surface area (Å²) in [7, 11) is 0. The number of rotatable bonds is 1. The van der Waals surface area contributed by atoms with Crippen molar-refractivity contribution in [3.63, 3.8) is 0 Å². The summed E-state index contributed by atoms with van der Waals surface area (Å²) >= 11 is 0. The van der Waals surface area contributed by atoms with Crippen LogP contribution in [0.1, 0.15) is 17.2 Å². The number of hydrogen-bond acceptors (Lipinski definition) is 1. The fourth-order valence-corrected chi connectivity index (χ4v) is 2.42. The first kappa shape index (κ1) is 9.90. The Morgan fingerprint density at radius 2 is 1.29 bits per heavy atom. The molecule has 0 unspecified atom stereocenters. The molecule has 0 heterocycles. The lowest BCUT2D eigenvalue weighted by molar-refractivity contribution is 0.895. The molecule has 0 spiro atoms. The van der Waals surface area contributed by atoms with Gasteiger partial charge in [0, 0.05) is 0 Å². The summed E-state index contributed by atoms with van der Waals surface area (Å²) in [6.07, 6.45) is 0. The van der Waals surface area contributed by atoms with Crippen molar-refractivity contribution in [1.82, 2.24) is 0 Å². The number of nitrogens with two attached hydrogens (primary N) is 2. The van der Waals surface area contributed by atoms with Crippen molar-refractivity contribution in [3.05, 3.63) is 59.7 Å². The van der Waals surface area contributed by atoms with Gasteiger partial charge in [0.25, 0.3) is 0 Å². The average Bonchev–Trinajstić information content (AvgIpc) is 2.65. The van der Waals surface area contributed by atoms with Crippen LogP contribution in [0.25, 0.3) is 11.1 Å². The van der Waals surface area contributed by atoms with Gasteiger partial charge in [0.05, 0.1) is 0 Å². The lowest BCUT2D eigenvalue weighted by Gasteiger charge is -2.08. The van der Waals surface area contributed by atoms with Crippen molar-refractivity contribution >= 4 is 5.96 Å². The molecule has 1 aliphatic carbocycles. The van der Waals surface area contributed by atoms with Crippen LogP contribution in [0, 0.1) is 0 Å². The SMILES string of the molecule is NC(N)=NC1c2ccccc2-c2ccccc21. The minimum atomic E-state index is -0.0626. The fraction of sp³-hybridized carbons (Fsp3) is 0.0714. The Labute approximate surface area is 99.8 Å². The highest BCUT2D eigenvalue weighted by Crippen LogP contribution is 2.44. The number of aliphatic imine (C=N–C) groups is 1. The molecule has 0 aromatic heterocycles. The third kappa shape index (κ3) is 1.47. The van der Waals surface area contributed by atoms with E-state index >= 15 is 0 Å². The Morgan fingerprint density at radius 3 is 1.76 bits per heavy atom. The summed E-state index contributed by atoms with van der Waals surface area (Å²) in [5.41, 5.74) is 15.8. The highest BCUT2D eigenvalue weighted by Gasteiger charge is 2.27. The largest absolute Gasteiger partial charge is 0.370 e. The molecule has 1 aliphatic rings. The third-order valence-electron chi connectivity index (χ3n) is 3.08. The summed E-state index contributed by atoms with van der Waals surface area (Å²) in [4.78, 5) is 4.33. The molecule has 0 bridgehead atoms. The first-order valence-corrected chi connectivity index (χ1v) is 5.54. The molecule has 0 aliphatic heterocycles. The summed E-state index contributed by atoms with van der Waals surface area (Å²) in [5.74, 6) is 0.126. The van der Waals surface area contributed by atoms with Crippen LogP contribution in [0.15, 0.2) is 53.5 Å². The Morgan fingerprint density at radius 1 is 0.824 bits per heavy atom. The molecule has 3 rings (SSSR count). The maximum absolute atomic E-state index is 5.51. The standard InChI is InChI=1S/C14H13N3/c15-14(16)17-13-11-7-3-1-5-9(11)10-6-2-4-8-12(10)13/h1-8,13H,(H4,15,16,17). The molecule has 2 aromatic carbocycles. The molecule has 0 saturated carbocycles. The van der Waals surface area contributed by atoms with Gasteiger partial charge in [0.15, 0.2) is 5.96 Å². The van der Waals surface area contributed by atoms with E-state index in [1.165, 1.54) is 22.3 Å². The molecule has 3 nitrogen and oxygen atoms in total. The van der Waals surface area contributed by atoms with Crippen LogP contribution in [0.3, 0.4) is 0 Å². The van der Waals surface area contributed by atoms with Crippen molar-refractivity contribution < 1.29 is 0 Å². The van der Waals surface area contributed by atoms with E-state index in [4.69, 9.17) is 11.5 Å². The fourth-order valence-electron chi connectivity index (χ4n) is 2.42. The summed E-state index contributed by atoms with van der Waals surface area (Å²) in [5, 5.41) is 0. The van der Waals surface area contributed by atoms with E-state index in [9.17, 15) is 0 Å². The van der Waals surface area contributed by atoms with E-state index in [2.05, 4.69) is 29.3 Å². The highest BCUT2D eigenvalue weighted by molar-refractivity contribution is 5.82. The summed E-state index contributed by atoms with van der Waals surface area (Å²) in [6, 6.07) is 16.4. The van der Waals surface area contributed by atoms with Crippen LogP contribution in [-0.2, 0) is 0 Å². The third-order valence-corrected chi connectivity index (χ3v) is 3.08. The smallest absolute Gasteiger partial charge is 0.186 e. The molecule has 0 amide bonds. The molecular formula is C14H13N3. The topological polar surface area (TPSA) is 64.4 Å². The van der Waals surface area contributed by atoms with Crippen molar-refractivity contribution in [2.24, 2.45) is 16.5 Å². The van der Waals surface area contributed by atoms with Gasteiger partial charge in [-0.2, -0.15) is 0 Å². The van der Waals surface area contributed by atoms with Gasteiger partial charge in [0.1, 0.15) is 6.04 Å². The Balaban J connectivity index is 2.27. The average molecular weight is 223 g/mol. The molecule has 0 fully saturated rings. The number of hydrogen-bond donors (Lipinski definition) is 2. The van der Waals surface area contributed by atoms with Gasteiger partial charge in [-0.25, -0.2) is 4.99 Å². The first-order chi connectivity index (χ1) is 8.27. The van der Waals surface area contributed by atoms with Crippen LogP contribution in [0.4, 0.5) is 0 Å².